The van der Waals surface area contributed by atoms with Crippen LogP contribution in [0.1, 0.15) is 59.8 Å². The first-order valence-electron chi connectivity index (χ1n) is 6.65. The van der Waals surface area contributed by atoms with E-state index >= 15 is 0 Å². The van der Waals surface area contributed by atoms with Gasteiger partial charge < -0.3 is 0 Å². The van der Waals surface area contributed by atoms with E-state index in [4.69, 9.17) is 0 Å². The molecule has 1 aliphatic heterocycles. The smallest absolute Gasteiger partial charge is 0.0659 e. The van der Waals surface area contributed by atoms with Gasteiger partial charge in [-0.25, -0.2) is 0 Å². The molecule has 94 valence electrons. The van der Waals surface area contributed by atoms with Crippen molar-refractivity contribution in [2.75, 3.05) is 11.5 Å². The molecular weight excluding hydrogens is 232 g/mol. The fraction of sp³-hybridized carbons (Fsp3) is 1.00. The molecule has 1 saturated heterocycles. The van der Waals surface area contributed by atoms with Crippen LogP contribution in [0.4, 0.5) is 0 Å². The first-order chi connectivity index (χ1) is 7.37. The standard InChI is InChI=1S/C14H26S2/c1-12(2,3)14(15-10-5-11-16-14)9-8-13(4)6-7-13/h5-11H2,1-4H3. The average Bonchev–Trinajstić information content (AvgIpc) is 2.94. The highest BCUT2D eigenvalue weighted by molar-refractivity contribution is 8.18. The van der Waals surface area contributed by atoms with E-state index in [1.807, 2.05) is 0 Å². The van der Waals surface area contributed by atoms with Gasteiger partial charge in [0.25, 0.3) is 0 Å². The van der Waals surface area contributed by atoms with E-state index in [1.54, 1.807) is 0 Å². The Morgan fingerprint density at radius 1 is 1.00 bits per heavy atom. The maximum atomic E-state index is 2.47. The molecule has 2 aliphatic rings. The molecule has 0 aromatic carbocycles. The zero-order valence-electron chi connectivity index (χ0n) is 11.3. The molecule has 0 bridgehead atoms. The van der Waals surface area contributed by atoms with Gasteiger partial charge in [-0.1, -0.05) is 27.7 Å². The summed E-state index contributed by atoms with van der Waals surface area (Å²) in [6, 6.07) is 0. The third-order valence-electron chi connectivity index (χ3n) is 4.26. The molecule has 0 nitrogen and oxygen atoms in total. The van der Waals surface area contributed by atoms with Crippen molar-refractivity contribution in [3.63, 3.8) is 0 Å². The molecule has 1 heterocycles. The van der Waals surface area contributed by atoms with E-state index in [1.165, 1.54) is 43.6 Å². The van der Waals surface area contributed by atoms with Gasteiger partial charge in [-0.15, -0.1) is 23.5 Å². The second-order valence-electron chi connectivity index (χ2n) is 6.86. The Labute approximate surface area is 110 Å². The number of thioether (sulfide) groups is 2. The molecule has 0 amide bonds. The molecule has 0 atom stereocenters. The van der Waals surface area contributed by atoms with Gasteiger partial charge in [0, 0.05) is 0 Å². The number of hydrogen-bond acceptors (Lipinski definition) is 2. The van der Waals surface area contributed by atoms with Crippen LogP contribution in [0.25, 0.3) is 0 Å². The predicted octanol–water partition coefficient (Wildman–Crippen LogP) is 5.18. The summed E-state index contributed by atoms with van der Waals surface area (Å²) in [7, 11) is 0. The molecule has 0 radical (unpaired) electrons. The predicted molar refractivity (Wildman–Crippen MR) is 78.3 cm³/mol. The van der Waals surface area contributed by atoms with Gasteiger partial charge in [0.1, 0.15) is 0 Å². The van der Waals surface area contributed by atoms with Crippen molar-refractivity contribution in [1.29, 1.82) is 0 Å². The molecule has 0 spiro atoms. The number of rotatable bonds is 3. The van der Waals surface area contributed by atoms with Crippen LogP contribution in [0.15, 0.2) is 0 Å². The molecule has 0 N–H and O–H groups in total. The second kappa shape index (κ2) is 4.42. The Kier molecular flexibility index (Phi) is 3.63. The third kappa shape index (κ3) is 2.75. The minimum atomic E-state index is 0.438. The van der Waals surface area contributed by atoms with Gasteiger partial charge in [0.05, 0.1) is 4.08 Å². The Balaban J connectivity index is 2.01. The summed E-state index contributed by atoms with van der Waals surface area (Å²) in [5.41, 5.74) is 1.16. The van der Waals surface area contributed by atoms with Crippen molar-refractivity contribution in [1.82, 2.24) is 0 Å². The molecule has 2 fully saturated rings. The highest BCUT2D eigenvalue weighted by Crippen LogP contribution is 2.59. The largest absolute Gasteiger partial charge is 0.144 e. The minimum absolute atomic E-state index is 0.438. The Morgan fingerprint density at radius 3 is 2.00 bits per heavy atom. The topological polar surface area (TPSA) is 0 Å². The Bertz CT molecular complexity index is 242. The maximum absolute atomic E-state index is 2.47. The lowest BCUT2D eigenvalue weighted by Gasteiger charge is -2.47. The average molecular weight is 258 g/mol. The van der Waals surface area contributed by atoms with Gasteiger partial charge >= 0.3 is 0 Å². The van der Waals surface area contributed by atoms with Crippen LogP contribution in [0.2, 0.25) is 0 Å². The summed E-state index contributed by atoms with van der Waals surface area (Å²) in [5, 5.41) is 0. The first kappa shape index (κ1) is 13.1. The SMILES string of the molecule is CC1(CCC2(C(C)(C)C)SCCCS2)CC1. The lowest BCUT2D eigenvalue weighted by Crippen LogP contribution is -2.39. The highest BCUT2D eigenvalue weighted by Gasteiger charge is 2.47. The quantitative estimate of drug-likeness (QED) is 0.684. The second-order valence-corrected chi connectivity index (χ2v) is 9.91. The molecular formula is C14H26S2. The summed E-state index contributed by atoms with van der Waals surface area (Å²) >= 11 is 4.50. The fourth-order valence-electron chi connectivity index (χ4n) is 2.46. The summed E-state index contributed by atoms with van der Waals surface area (Å²) in [6.45, 7) is 9.79. The van der Waals surface area contributed by atoms with Crippen LogP contribution >= 0.6 is 23.5 Å². The summed E-state index contributed by atoms with van der Waals surface area (Å²) < 4.78 is 0.497. The van der Waals surface area contributed by atoms with Gasteiger partial charge in [-0.2, -0.15) is 0 Å². The fourth-order valence-corrected chi connectivity index (χ4v) is 6.07. The Morgan fingerprint density at radius 2 is 1.56 bits per heavy atom. The van der Waals surface area contributed by atoms with Crippen LogP contribution in [-0.2, 0) is 0 Å². The van der Waals surface area contributed by atoms with Crippen molar-refractivity contribution in [3.8, 4) is 0 Å². The lowest BCUT2D eigenvalue weighted by atomic mass is 9.86. The Hall–Kier alpha value is 0.700. The van der Waals surface area contributed by atoms with Gasteiger partial charge in [0.2, 0.25) is 0 Å². The first-order valence-corrected chi connectivity index (χ1v) is 8.62. The van der Waals surface area contributed by atoms with Crippen molar-refractivity contribution in [2.24, 2.45) is 10.8 Å². The third-order valence-corrected chi connectivity index (χ3v) is 8.52. The number of hydrogen-bond donors (Lipinski definition) is 0. The summed E-state index contributed by atoms with van der Waals surface area (Å²) in [5.74, 6) is 2.75. The van der Waals surface area contributed by atoms with E-state index in [2.05, 4.69) is 51.2 Å². The molecule has 2 heteroatoms. The highest BCUT2D eigenvalue weighted by atomic mass is 32.2. The van der Waals surface area contributed by atoms with Gasteiger partial charge in [0.15, 0.2) is 0 Å². The molecule has 1 saturated carbocycles. The van der Waals surface area contributed by atoms with Crippen molar-refractivity contribution < 1.29 is 0 Å². The van der Waals surface area contributed by atoms with Crippen LogP contribution in [0.5, 0.6) is 0 Å². The van der Waals surface area contributed by atoms with E-state index in [0.717, 1.165) is 5.41 Å². The van der Waals surface area contributed by atoms with Crippen LogP contribution in [0.3, 0.4) is 0 Å². The van der Waals surface area contributed by atoms with E-state index in [9.17, 15) is 0 Å². The molecule has 1 aliphatic carbocycles. The summed E-state index contributed by atoms with van der Waals surface area (Å²) in [4.78, 5) is 0. The minimum Gasteiger partial charge on any atom is -0.144 e. The van der Waals surface area contributed by atoms with Crippen LogP contribution in [-0.4, -0.2) is 15.6 Å². The zero-order valence-corrected chi connectivity index (χ0v) is 12.9. The molecule has 2 rings (SSSR count). The molecule has 16 heavy (non-hydrogen) atoms. The molecule has 0 unspecified atom stereocenters. The van der Waals surface area contributed by atoms with Crippen molar-refractivity contribution in [3.05, 3.63) is 0 Å². The maximum Gasteiger partial charge on any atom is 0.0659 e. The summed E-state index contributed by atoms with van der Waals surface area (Å²) in [6.07, 6.45) is 7.22. The van der Waals surface area contributed by atoms with E-state index < -0.39 is 0 Å². The normalized spacial score (nSPS) is 27.8. The van der Waals surface area contributed by atoms with Gasteiger partial charge in [-0.3, -0.25) is 0 Å². The van der Waals surface area contributed by atoms with Crippen LogP contribution in [0, 0.1) is 10.8 Å². The van der Waals surface area contributed by atoms with Crippen LogP contribution < -0.4 is 0 Å². The van der Waals surface area contributed by atoms with E-state index in [-0.39, 0.29) is 0 Å². The zero-order chi connectivity index (χ0) is 11.9. The van der Waals surface area contributed by atoms with Crippen molar-refractivity contribution >= 4 is 23.5 Å². The molecule has 0 aromatic rings. The van der Waals surface area contributed by atoms with E-state index in [0.29, 0.717) is 9.49 Å². The van der Waals surface area contributed by atoms with Crippen molar-refractivity contribution in [2.45, 2.75) is 63.9 Å². The molecule has 0 aromatic heterocycles. The monoisotopic (exact) mass is 258 g/mol. The van der Waals surface area contributed by atoms with Gasteiger partial charge in [-0.05, 0) is 54.4 Å². The lowest BCUT2D eigenvalue weighted by molar-refractivity contribution is 0.325.